The highest BCUT2D eigenvalue weighted by Crippen LogP contribution is 2.16. The minimum absolute atomic E-state index is 0.0471. The minimum Gasteiger partial charge on any atom is -0.352 e. The molecule has 2 rings (SSSR count). The number of non-ortho nitro benzene ring substituents is 1. The molecule has 0 bridgehead atoms. The second-order valence-electron chi connectivity index (χ2n) is 6.10. The van der Waals surface area contributed by atoms with Gasteiger partial charge in [-0.2, -0.15) is 0 Å². The van der Waals surface area contributed by atoms with Crippen molar-refractivity contribution < 1.29 is 9.72 Å². The molecule has 1 amide bonds. The first kappa shape index (κ1) is 18.6. The molecule has 2 aromatic rings. The molecule has 134 valence electrons. The molecule has 0 spiro atoms. The number of hydrogen-bond donors (Lipinski definition) is 1. The van der Waals surface area contributed by atoms with Crippen molar-refractivity contribution in [2.45, 2.75) is 52.1 Å². The van der Waals surface area contributed by atoms with Crippen LogP contribution in [0.1, 0.15) is 39.5 Å². The Morgan fingerprint density at radius 2 is 2.16 bits per heavy atom. The Labute approximate surface area is 145 Å². The van der Waals surface area contributed by atoms with Crippen LogP contribution in [-0.4, -0.2) is 26.4 Å². The van der Waals surface area contributed by atoms with Crippen LogP contribution in [-0.2, 0) is 11.3 Å². The van der Waals surface area contributed by atoms with E-state index in [1.165, 1.54) is 29.1 Å². The third-order valence-corrected chi connectivity index (χ3v) is 3.98. The highest BCUT2D eigenvalue weighted by molar-refractivity contribution is 5.80. The van der Waals surface area contributed by atoms with Crippen LogP contribution in [0, 0.1) is 10.1 Å². The Morgan fingerprint density at radius 3 is 2.84 bits per heavy atom. The van der Waals surface area contributed by atoms with Crippen molar-refractivity contribution in [1.82, 2.24) is 14.9 Å². The molecule has 0 aliphatic rings. The monoisotopic (exact) mass is 346 g/mol. The molecule has 8 heteroatoms. The van der Waals surface area contributed by atoms with Gasteiger partial charge in [0.1, 0.15) is 6.54 Å². The number of fused-ring (bicyclic) bond motifs is 1. The average molecular weight is 346 g/mol. The number of aromatic nitrogens is 2. The number of benzene rings is 1. The SMILES string of the molecule is CCCCCC(C)NC(=O)Cn1cnc2cc([N+](=O)[O-])ccc2c1=O. The Morgan fingerprint density at radius 1 is 1.40 bits per heavy atom. The fraction of sp³-hybridized carbons (Fsp3) is 0.471. The van der Waals surface area contributed by atoms with Gasteiger partial charge in [0.15, 0.2) is 0 Å². The molecule has 8 nitrogen and oxygen atoms in total. The van der Waals surface area contributed by atoms with Gasteiger partial charge in [-0.25, -0.2) is 4.98 Å². The molecule has 0 saturated carbocycles. The maximum absolute atomic E-state index is 12.4. The Kier molecular flexibility index (Phi) is 6.21. The van der Waals surface area contributed by atoms with Crippen molar-refractivity contribution >= 4 is 22.5 Å². The number of nitrogens with one attached hydrogen (secondary N) is 1. The summed E-state index contributed by atoms with van der Waals surface area (Å²) in [4.78, 5) is 38.8. The third-order valence-electron chi connectivity index (χ3n) is 3.98. The van der Waals surface area contributed by atoms with E-state index < -0.39 is 10.5 Å². The molecular formula is C17H22N4O4. The van der Waals surface area contributed by atoms with Crippen LogP contribution in [0.4, 0.5) is 5.69 Å². The zero-order chi connectivity index (χ0) is 18.4. The molecule has 0 aliphatic carbocycles. The van der Waals surface area contributed by atoms with Gasteiger partial charge in [-0.05, 0) is 19.4 Å². The lowest BCUT2D eigenvalue weighted by Gasteiger charge is -2.14. The van der Waals surface area contributed by atoms with E-state index in [2.05, 4.69) is 17.2 Å². The van der Waals surface area contributed by atoms with Crippen LogP contribution in [0.2, 0.25) is 0 Å². The second kappa shape index (κ2) is 8.36. The fourth-order valence-corrected chi connectivity index (χ4v) is 2.62. The number of carbonyl (C=O) groups excluding carboxylic acids is 1. The largest absolute Gasteiger partial charge is 0.352 e. The summed E-state index contributed by atoms with van der Waals surface area (Å²) in [6, 6.07) is 3.92. The number of amides is 1. The first-order valence-electron chi connectivity index (χ1n) is 8.35. The molecule has 0 fully saturated rings. The van der Waals surface area contributed by atoms with E-state index in [0.717, 1.165) is 25.7 Å². The van der Waals surface area contributed by atoms with Gasteiger partial charge in [0.05, 0.1) is 22.2 Å². The van der Waals surface area contributed by atoms with Crippen molar-refractivity contribution in [3.8, 4) is 0 Å². The number of carbonyl (C=O) groups is 1. The number of nitrogens with zero attached hydrogens (tertiary/aromatic N) is 3. The summed E-state index contributed by atoms with van der Waals surface area (Å²) in [6.45, 7) is 3.93. The zero-order valence-corrected chi connectivity index (χ0v) is 14.4. The van der Waals surface area contributed by atoms with Gasteiger partial charge in [-0.15, -0.1) is 0 Å². The summed E-state index contributed by atoms with van der Waals surface area (Å²) < 4.78 is 1.21. The van der Waals surface area contributed by atoms with Crippen LogP contribution in [0.15, 0.2) is 29.3 Å². The van der Waals surface area contributed by atoms with Gasteiger partial charge in [0, 0.05) is 18.2 Å². The summed E-state index contributed by atoms with van der Waals surface area (Å²) in [7, 11) is 0. The standard InChI is InChI=1S/C17H22N4O4/c1-3-4-5-6-12(2)19-16(22)10-20-11-18-15-9-13(21(24)25)7-8-14(15)17(20)23/h7-9,11-12H,3-6,10H2,1-2H3,(H,19,22). The van der Waals surface area contributed by atoms with Gasteiger partial charge in [0.2, 0.25) is 5.91 Å². The second-order valence-corrected chi connectivity index (χ2v) is 6.10. The van der Waals surface area contributed by atoms with Crippen LogP contribution >= 0.6 is 0 Å². The Hall–Kier alpha value is -2.77. The lowest BCUT2D eigenvalue weighted by Crippen LogP contribution is -2.37. The highest BCUT2D eigenvalue weighted by Gasteiger charge is 2.13. The molecule has 1 unspecified atom stereocenters. The molecule has 1 heterocycles. The minimum atomic E-state index is -0.542. The number of hydrogen-bond acceptors (Lipinski definition) is 5. The number of nitro groups is 1. The van der Waals surface area contributed by atoms with Crippen LogP contribution in [0.5, 0.6) is 0 Å². The number of unbranched alkanes of at least 4 members (excludes halogenated alkanes) is 2. The Balaban J connectivity index is 2.09. The Bertz CT molecular complexity index is 831. The van der Waals surface area contributed by atoms with E-state index in [1.54, 1.807) is 0 Å². The quantitative estimate of drug-likeness (QED) is 0.448. The van der Waals surface area contributed by atoms with Crippen molar-refractivity contribution in [3.05, 3.63) is 45.0 Å². The molecule has 0 radical (unpaired) electrons. The molecule has 1 N–H and O–H groups in total. The van der Waals surface area contributed by atoms with Crippen molar-refractivity contribution in [3.63, 3.8) is 0 Å². The molecule has 0 saturated heterocycles. The first-order chi connectivity index (χ1) is 11.9. The average Bonchev–Trinajstić information content (AvgIpc) is 2.57. The fourth-order valence-electron chi connectivity index (χ4n) is 2.62. The normalized spacial score (nSPS) is 12.1. The summed E-state index contributed by atoms with van der Waals surface area (Å²) in [5.74, 6) is -0.255. The highest BCUT2D eigenvalue weighted by atomic mass is 16.6. The van der Waals surface area contributed by atoms with Gasteiger partial charge in [0.25, 0.3) is 11.2 Å². The maximum atomic E-state index is 12.4. The van der Waals surface area contributed by atoms with E-state index in [0.29, 0.717) is 0 Å². The van der Waals surface area contributed by atoms with Gasteiger partial charge in [-0.1, -0.05) is 26.2 Å². The molecule has 1 aromatic heterocycles. The van der Waals surface area contributed by atoms with Crippen LogP contribution in [0.25, 0.3) is 10.9 Å². The van der Waals surface area contributed by atoms with E-state index in [-0.39, 0.29) is 35.1 Å². The van der Waals surface area contributed by atoms with Crippen LogP contribution < -0.4 is 10.9 Å². The molecular weight excluding hydrogens is 324 g/mol. The van der Waals surface area contributed by atoms with Gasteiger partial charge >= 0.3 is 0 Å². The van der Waals surface area contributed by atoms with E-state index in [1.807, 2.05) is 6.92 Å². The summed E-state index contributed by atoms with van der Waals surface area (Å²) in [6.07, 6.45) is 5.44. The molecule has 0 aliphatic heterocycles. The number of rotatable bonds is 8. The molecule has 25 heavy (non-hydrogen) atoms. The van der Waals surface area contributed by atoms with E-state index in [4.69, 9.17) is 0 Å². The van der Waals surface area contributed by atoms with Gasteiger partial charge < -0.3 is 5.32 Å². The zero-order valence-electron chi connectivity index (χ0n) is 14.4. The van der Waals surface area contributed by atoms with Crippen molar-refractivity contribution in [2.75, 3.05) is 0 Å². The third kappa shape index (κ3) is 4.85. The molecule has 1 atom stereocenters. The lowest BCUT2D eigenvalue weighted by molar-refractivity contribution is -0.384. The van der Waals surface area contributed by atoms with E-state index in [9.17, 15) is 19.7 Å². The van der Waals surface area contributed by atoms with Crippen molar-refractivity contribution in [1.29, 1.82) is 0 Å². The number of nitro benzene ring substituents is 1. The summed E-state index contributed by atoms with van der Waals surface area (Å²) in [5.41, 5.74) is -0.284. The molecule has 1 aromatic carbocycles. The van der Waals surface area contributed by atoms with Gasteiger partial charge in [-0.3, -0.25) is 24.3 Å². The smallest absolute Gasteiger partial charge is 0.271 e. The summed E-state index contributed by atoms with van der Waals surface area (Å²) >= 11 is 0. The van der Waals surface area contributed by atoms with E-state index >= 15 is 0 Å². The lowest BCUT2D eigenvalue weighted by atomic mass is 10.1. The van der Waals surface area contributed by atoms with Crippen LogP contribution in [0.3, 0.4) is 0 Å². The summed E-state index contributed by atoms with van der Waals surface area (Å²) in [5, 5.41) is 13.9. The maximum Gasteiger partial charge on any atom is 0.271 e. The predicted octanol–water partition coefficient (Wildman–Crippen LogP) is 2.39. The predicted molar refractivity (Wildman–Crippen MR) is 94.4 cm³/mol. The topological polar surface area (TPSA) is 107 Å². The van der Waals surface area contributed by atoms with Crippen molar-refractivity contribution in [2.24, 2.45) is 0 Å². The first-order valence-corrected chi connectivity index (χ1v) is 8.35.